The van der Waals surface area contributed by atoms with Crippen LogP contribution in [0.25, 0.3) is 0 Å². The lowest BCUT2D eigenvalue weighted by Crippen LogP contribution is -2.25. The number of hydrogen-bond donors (Lipinski definition) is 3. The minimum atomic E-state index is -3.77. The Bertz CT molecular complexity index is 918. The topological polar surface area (TPSA) is 104 Å². The van der Waals surface area contributed by atoms with Crippen LogP contribution >= 0.6 is 0 Å². The van der Waals surface area contributed by atoms with Gasteiger partial charge < -0.3 is 10.6 Å². The highest BCUT2D eigenvalue weighted by Gasteiger charge is 2.24. The first kappa shape index (κ1) is 17.9. The van der Waals surface area contributed by atoms with E-state index < -0.39 is 10.0 Å². The summed E-state index contributed by atoms with van der Waals surface area (Å²) in [5, 5.41) is 5.46. The Balaban J connectivity index is 1.69. The highest BCUT2D eigenvalue weighted by Crippen LogP contribution is 2.21. The Hall–Kier alpha value is -2.87. The van der Waals surface area contributed by atoms with E-state index in [1.807, 2.05) is 0 Å². The van der Waals surface area contributed by atoms with Crippen LogP contribution in [-0.2, 0) is 14.8 Å². The Labute approximate surface area is 151 Å². The van der Waals surface area contributed by atoms with Crippen LogP contribution in [0.3, 0.4) is 0 Å². The van der Waals surface area contributed by atoms with Crippen molar-refractivity contribution in [3.05, 3.63) is 54.1 Å². The molecule has 0 radical (unpaired) electrons. The first-order valence-electron chi connectivity index (χ1n) is 8.15. The second kappa shape index (κ2) is 7.17. The molecule has 1 fully saturated rings. The van der Waals surface area contributed by atoms with Gasteiger partial charge in [-0.2, -0.15) is 0 Å². The van der Waals surface area contributed by atoms with E-state index in [1.54, 1.807) is 24.3 Å². The van der Waals surface area contributed by atoms with Crippen LogP contribution in [0.2, 0.25) is 0 Å². The number of nitrogens with one attached hydrogen (secondary N) is 3. The highest BCUT2D eigenvalue weighted by atomic mass is 32.2. The summed E-state index contributed by atoms with van der Waals surface area (Å²) in [7, 11) is -3.77. The molecule has 2 amide bonds. The maximum Gasteiger partial charge on any atom is 0.261 e. The third-order valence-corrected chi connectivity index (χ3v) is 5.19. The lowest BCUT2D eigenvalue weighted by atomic mass is 10.2. The number of hydrogen-bond acceptors (Lipinski definition) is 4. The van der Waals surface area contributed by atoms with Crippen LogP contribution in [0.1, 0.15) is 30.1 Å². The number of anilines is 2. The lowest BCUT2D eigenvalue weighted by Gasteiger charge is -2.10. The van der Waals surface area contributed by atoms with Gasteiger partial charge in [-0.05, 0) is 61.4 Å². The predicted octanol–water partition coefficient (Wildman–Crippen LogP) is 2.34. The normalized spacial score (nSPS) is 13.7. The third kappa shape index (κ3) is 4.60. The van der Waals surface area contributed by atoms with E-state index in [2.05, 4.69) is 15.4 Å². The fourth-order valence-electron chi connectivity index (χ4n) is 2.32. The van der Waals surface area contributed by atoms with Gasteiger partial charge in [0.15, 0.2) is 0 Å². The van der Waals surface area contributed by atoms with E-state index >= 15 is 0 Å². The van der Waals surface area contributed by atoms with E-state index in [0.717, 1.165) is 12.8 Å². The van der Waals surface area contributed by atoms with Crippen molar-refractivity contribution >= 4 is 33.2 Å². The zero-order chi connectivity index (χ0) is 18.7. The third-order valence-electron chi connectivity index (χ3n) is 3.80. The molecule has 3 N–H and O–H groups in total. The Morgan fingerprint density at radius 3 is 2.04 bits per heavy atom. The number of rotatable bonds is 6. The summed E-state index contributed by atoms with van der Waals surface area (Å²) in [6.45, 7) is 1.39. The number of benzene rings is 2. The molecule has 0 spiro atoms. The first-order valence-corrected chi connectivity index (χ1v) is 9.63. The number of sulfonamides is 1. The van der Waals surface area contributed by atoms with Crippen LogP contribution in [0, 0.1) is 0 Å². The van der Waals surface area contributed by atoms with E-state index in [4.69, 9.17) is 0 Å². The van der Waals surface area contributed by atoms with Crippen molar-refractivity contribution in [3.8, 4) is 0 Å². The van der Waals surface area contributed by atoms with Gasteiger partial charge >= 0.3 is 0 Å². The van der Waals surface area contributed by atoms with Gasteiger partial charge in [-0.15, -0.1) is 0 Å². The summed E-state index contributed by atoms with van der Waals surface area (Å²) >= 11 is 0. The van der Waals surface area contributed by atoms with Gasteiger partial charge in [0.05, 0.1) is 4.90 Å². The van der Waals surface area contributed by atoms with Crippen LogP contribution < -0.4 is 15.4 Å². The predicted molar refractivity (Wildman–Crippen MR) is 98.5 cm³/mol. The van der Waals surface area contributed by atoms with Gasteiger partial charge in [-0.3, -0.25) is 14.3 Å². The number of amides is 2. The Kier molecular flexibility index (Phi) is 4.94. The first-order chi connectivity index (χ1) is 12.3. The average molecular weight is 373 g/mol. The van der Waals surface area contributed by atoms with Crippen LogP contribution in [0.4, 0.5) is 11.4 Å². The maximum atomic E-state index is 12.5. The molecule has 136 valence electrons. The minimum absolute atomic E-state index is 0.0615. The molecule has 0 unspecified atom stereocenters. The molecule has 0 aliphatic heterocycles. The summed E-state index contributed by atoms with van der Waals surface area (Å²) in [4.78, 5) is 23.0. The molecule has 0 atom stereocenters. The molecule has 0 saturated heterocycles. The van der Waals surface area contributed by atoms with Crippen molar-refractivity contribution in [2.75, 3.05) is 10.0 Å². The van der Waals surface area contributed by atoms with Crippen molar-refractivity contribution in [2.45, 2.75) is 30.7 Å². The molecule has 7 nitrogen and oxygen atoms in total. The summed E-state index contributed by atoms with van der Waals surface area (Å²) in [6, 6.07) is 12.3. The average Bonchev–Trinajstić information content (AvgIpc) is 3.40. The van der Waals surface area contributed by atoms with Crippen LogP contribution in [0.15, 0.2) is 53.4 Å². The molecular formula is C18H19N3O4S. The van der Waals surface area contributed by atoms with Gasteiger partial charge in [0.2, 0.25) is 5.91 Å². The fourth-order valence-corrected chi connectivity index (χ4v) is 3.38. The summed E-state index contributed by atoms with van der Waals surface area (Å²) in [5.41, 5.74) is 1.37. The van der Waals surface area contributed by atoms with Crippen LogP contribution in [-0.4, -0.2) is 26.3 Å². The summed E-state index contributed by atoms with van der Waals surface area (Å²) in [5.74, 6) is -0.401. The van der Waals surface area contributed by atoms with Crippen molar-refractivity contribution in [1.82, 2.24) is 5.32 Å². The quantitative estimate of drug-likeness (QED) is 0.723. The highest BCUT2D eigenvalue weighted by molar-refractivity contribution is 7.92. The molecule has 1 aliphatic carbocycles. The van der Waals surface area contributed by atoms with Gasteiger partial charge in [-0.1, -0.05) is 0 Å². The zero-order valence-corrected chi connectivity index (χ0v) is 15.0. The molecular weight excluding hydrogens is 354 g/mol. The molecule has 0 heterocycles. The molecule has 2 aromatic rings. The second-order valence-electron chi connectivity index (χ2n) is 6.14. The Morgan fingerprint density at radius 1 is 0.923 bits per heavy atom. The molecule has 26 heavy (non-hydrogen) atoms. The lowest BCUT2D eigenvalue weighted by molar-refractivity contribution is -0.114. The van der Waals surface area contributed by atoms with Crippen LogP contribution in [0.5, 0.6) is 0 Å². The van der Waals surface area contributed by atoms with Gasteiger partial charge in [0.1, 0.15) is 0 Å². The standard InChI is InChI=1S/C18H19N3O4S/c1-12(22)19-14-6-8-16(9-7-14)21-26(24,25)17-10-2-13(3-11-17)18(23)20-15-4-5-15/h2-3,6-11,15,21H,4-5H2,1H3,(H,19,22)(H,20,23). The van der Waals surface area contributed by atoms with Crippen molar-refractivity contribution in [2.24, 2.45) is 0 Å². The van der Waals surface area contributed by atoms with Crippen molar-refractivity contribution < 1.29 is 18.0 Å². The molecule has 0 bridgehead atoms. The van der Waals surface area contributed by atoms with E-state index in [9.17, 15) is 18.0 Å². The molecule has 0 aromatic heterocycles. The van der Waals surface area contributed by atoms with E-state index in [1.165, 1.54) is 31.2 Å². The van der Waals surface area contributed by atoms with Crippen molar-refractivity contribution in [3.63, 3.8) is 0 Å². The molecule has 2 aromatic carbocycles. The molecule has 1 aliphatic rings. The van der Waals surface area contributed by atoms with Gasteiger partial charge in [0, 0.05) is 29.9 Å². The summed E-state index contributed by atoms with van der Waals surface area (Å²) < 4.78 is 27.4. The smallest absolute Gasteiger partial charge is 0.261 e. The minimum Gasteiger partial charge on any atom is -0.349 e. The SMILES string of the molecule is CC(=O)Nc1ccc(NS(=O)(=O)c2ccc(C(=O)NC3CC3)cc2)cc1. The van der Waals surface area contributed by atoms with Crippen molar-refractivity contribution in [1.29, 1.82) is 0 Å². The van der Waals surface area contributed by atoms with E-state index in [-0.39, 0.29) is 22.8 Å². The number of carbonyl (C=O) groups excluding carboxylic acids is 2. The molecule has 3 rings (SSSR count). The van der Waals surface area contributed by atoms with Gasteiger partial charge in [-0.25, -0.2) is 8.42 Å². The fraction of sp³-hybridized carbons (Fsp3) is 0.222. The number of carbonyl (C=O) groups is 2. The Morgan fingerprint density at radius 2 is 1.50 bits per heavy atom. The van der Waals surface area contributed by atoms with E-state index in [0.29, 0.717) is 16.9 Å². The monoisotopic (exact) mass is 373 g/mol. The summed E-state index contributed by atoms with van der Waals surface area (Å²) in [6.07, 6.45) is 1.98. The second-order valence-corrected chi connectivity index (χ2v) is 7.82. The molecule has 1 saturated carbocycles. The van der Waals surface area contributed by atoms with Gasteiger partial charge in [0.25, 0.3) is 15.9 Å². The molecule has 8 heteroatoms. The largest absolute Gasteiger partial charge is 0.349 e. The maximum absolute atomic E-state index is 12.5. The zero-order valence-electron chi connectivity index (χ0n) is 14.2.